The molecule has 3 aliphatic heterocycles. The Morgan fingerprint density at radius 1 is 0.587 bits per heavy atom. The molecular weight excluding hydrogens is 1270 g/mol. The molecule has 3 saturated heterocycles. The van der Waals surface area contributed by atoms with Gasteiger partial charge in [-0.1, -0.05) is 35.1 Å². The molecule has 28 nitrogen and oxygen atoms in total. The Morgan fingerprint density at radius 3 is 1.13 bits per heavy atom. The van der Waals surface area contributed by atoms with Crippen molar-refractivity contribution in [1.29, 1.82) is 16.1 Å². The molecule has 0 spiro atoms. The summed E-state index contributed by atoms with van der Waals surface area (Å²) >= 11 is 0. The van der Waals surface area contributed by atoms with E-state index in [0.29, 0.717) is 0 Å². The first kappa shape index (κ1) is 104. The van der Waals surface area contributed by atoms with E-state index in [1.165, 1.54) is 34.6 Å². The SMILES string of the molecule is C.C=N.C=N.CC(=O)C[C@H]1C([C@H](O)[C@H](O)CO)O[C@@](F)(C(=O)O)C(F)[C@H]1C.CC[C@@H](OC(C)=O)[C@@H](OC(C)=O)C1O[C@@](F)(C(=O)OC)C(F)[C@@H](C)[C@H]1CC(C)=O.CC[C@@H](OC(C)=O)[C@@H](OC(C)=O)C1O[C@@](F)(C(=O)OC)C(F)[C@@H](N)[C@H]1CC(C)=O.C[O-].[B].[C-]#N.[Na+].[Na+]. The molecule has 3 fully saturated rings. The van der Waals surface area contributed by atoms with Crippen molar-refractivity contribution in [1.82, 2.24) is 0 Å². The van der Waals surface area contributed by atoms with E-state index in [1.807, 2.05) is 0 Å². The van der Waals surface area contributed by atoms with Gasteiger partial charge in [0.2, 0.25) is 0 Å². The maximum absolute atomic E-state index is 15.3. The first-order valence-corrected chi connectivity index (χ1v) is 26.5. The van der Waals surface area contributed by atoms with Crippen LogP contribution < -0.4 is 70.0 Å². The van der Waals surface area contributed by atoms with Crippen LogP contribution in [0, 0.1) is 52.2 Å². The van der Waals surface area contributed by atoms with Crippen LogP contribution in [0.15, 0.2) is 0 Å². The molecule has 0 aromatic carbocycles. The van der Waals surface area contributed by atoms with E-state index in [1.54, 1.807) is 13.8 Å². The molecule has 3 rings (SSSR count). The summed E-state index contributed by atoms with van der Waals surface area (Å²) < 4.78 is 133. The molecule has 0 aromatic heterocycles. The number of ether oxygens (including phenoxy) is 9. The number of aliphatic hydroxyl groups excluding tert-OH is 3. The van der Waals surface area contributed by atoms with E-state index in [9.17, 15) is 75.7 Å². The molecule has 8 N–H and O–H groups in total. The summed E-state index contributed by atoms with van der Waals surface area (Å²) in [6, 6.07) is -1.67. The van der Waals surface area contributed by atoms with Gasteiger partial charge in [-0.3, -0.25) is 19.2 Å². The van der Waals surface area contributed by atoms with Crippen LogP contribution in [0.2, 0.25) is 0 Å². The number of aliphatic hydroxyl groups is 3. The molecule has 0 bridgehead atoms. The summed E-state index contributed by atoms with van der Waals surface area (Å²) in [4.78, 5) is 116. The third kappa shape index (κ3) is 29.2. The van der Waals surface area contributed by atoms with E-state index < -0.39 is 187 Å². The van der Waals surface area contributed by atoms with Crippen LogP contribution in [0.5, 0.6) is 0 Å². The number of nitrogens with zero attached hydrogens (tertiary/aromatic N) is 1. The Kier molecular flexibility index (Phi) is 56.2. The third-order valence-corrected chi connectivity index (χ3v) is 13.5. The van der Waals surface area contributed by atoms with Gasteiger partial charge in [-0.2, -0.15) is 20.3 Å². The van der Waals surface area contributed by atoms with E-state index in [4.69, 9.17) is 72.1 Å². The number of carbonyl (C=O) groups excluding carboxylic acids is 9. The number of esters is 6. The second-order valence-electron chi connectivity index (χ2n) is 19.7. The maximum Gasteiger partial charge on any atom is 1.00 e. The molecule has 6 unspecified atom stereocenters. The topological polar surface area (TPSA) is 455 Å². The van der Waals surface area contributed by atoms with Crippen LogP contribution in [-0.2, 0) is 90.6 Å². The normalized spacial score (nSPS) is 29.1. The summed E-state index contributed by atoms with van der Waals surface area (Å²) in [7, 11) is 2.46. The number of halogens is 6. The average Bonchev–Trinajstić information content (AvgIpc) is 0.778. The summed E-state index contributed by atoms with van der Waals surface area (Å²) in [5.41, 5.74) is 5.84. The van der Waals surface area contributed by atoms with Crippen molar-refractivity contribution >= 4 is 81.0 Å². The molecule has 37 heteroatoms. The zero-order chi connectivity index (χ0) is 70.3. The fourth-order valence-corrected chi connectivity index (χ4v) is 9.62. The smallest absolute Gasteiger partial charge is 0.857 e. The molecule has 3 aliphatic rings. The first-order valence-electron chi connectivity index (χ1n) is 26.5. The van der Waals surface area contributed by atoms with Gasteiger partial charge in [-0.05, 0) is 58.9 Å². The summed E-state index contributed by atoms with van der Waals surface area (Å²) in [5.74, 6) is -26.0. The quantitative estimate of drug-likeness (QED) is 0.0136. The molecule has 21 atom stereocenters. The average molecular weight is 1360 g/mol. The molecular formula is C55H88BF6N4Na2O24. The fourth-order valence-electron chi connectivity index (χ4n) is 9.62. The number of aliphatic carboxylic acids is 1. The number of ketones is 3. The fraction of sp³-hybridized carbons (Fsp3) is 0.764. The summed E-state index contributed by atoms with van der Waals surface area (Å²) in [6.45, 7) is 22.6. The van der Waals surface area contributed by atoms with Gasteiger partial charge in [-0.15, -0.1) is 0 Å². The standard InChI is InChI=1S/C19H28F2O8.C18H27F2NO8.C13H20F2O7.2CH3N.CN.CH3O.CH4.B.2Na/c1-7-14(27-11(4)23)16(28-12(5)24)15-13(8-9(2)22)10(3)17(20)19(21,29-15)18(25)26-6;1-6-12(27-9(3)23)15(28-10(4)24)14-11(7-8(2)22)13(21)16(19)18(20,29-14)17(25)26-5;1-5(17)3-7-6(2)11(14)13(15,12(20)21)22-10(7)9(19)8(18)4-16;4*1-2;;;;/h10,13-17H,7-8H2,1-6H3;11-16H,6-7,21H2,1-5H3;6-11,16,18-19H,3-4H2,1-2H3,(H,20,21);2*2H,1H2;;1H3;1H4;;;/q;;;;;2*-1;;;2*+1/t10-,13+,14+,15?,16+,17?,19+;11-,12-,13+,14?,15-,16?,18-;6-,7+,8+,9+,10?,11?,13+;;;;;;;;/m010......../s1. The zero-order valence-corrected chi connectivity index (χ0v) is 57.9. The first-order chi connectivity index (χ1) is 40.8. The van der Waals surface area contributed by atoms with Crippen molar-refractivity contribution in [2.45, 2.75) is 213 Å². The van der Waals surface area contributed by atoms with Gasteiger partial charge in [0.05, 0.1) is 26.9 Å². The van der Waals surface area contributed by atoms with Crippen LogP contribution >= 0.6 is 0 Å². The number of hydrogen-bond acceptors (Lipinski definition) is 27. The summed E-state index contributed by atoms with van der Waals surface area (Å²) in [6.07, 6.45) is -21.6. The van der Waals surface area contributed by atoms with Gasteiger partial charge in [0.1, 0.15) is 54.0 Å². The summed E-state index contributed by atoms with van der Waals surface area (Å²) in [5, 5.41) is 62.6. The van der Waals surface area contributed by atoms with Crippen LogP contribution in [0.1, 0.15) is 116 Å². The van der Waals surface area contributed by atoms with E-state index >= 15 is 8.78 Å². The van der Waals surface area contributed by atoms with Gasteiger partial charge in [0, 0.05) is 79.2 Å². The van der Waals surface area contributed by atoms with E-state index in [0.717, 1.165) is 49.0 Å². The molecule has 519 valence electrons. The van der Waals surface area contributed by atoms with Gasteiger partial charge in [0.15, 0.2) is 30.7 Å². The van der Waals surface area contributed by atoms with E-state index in [2.05, 4.69) is 27.6 Å². The predicted molar refractivity (Wildman–Crippen MR) is 300 cm³/mol. The van der Waals surface area contributed by atoms with Crippen molar-refractivity contribution in [3.63, 3.8) is 0 Å². The molecule has 0 aromatic rings. The van der Waals surface area contributed by atoms with Crippen LogP contribution in [0.4, 0.5) is 26.3 Å². The Labute approximate surface area is 577 Å². The Bertz CT molecular complexity index is 2200. The van der Waals surface area contributed by atoms with Crippen molar-refractivity contribution in [2.24, 2.45) is 35.3 Å². The van der Waals surface area contributed by atoms with Gasteiger partial charge in [0.25, 0.3) is 0 Å². The Balaban J connectivity index is -0.000000179. The largest absolute Gasteiger partial charge is 1.00 e. The predicted octanol–water partition coefficient (Wildman–Crippen LogP) is -3.89. The van der Waals surface area contributed by atoms with Crippen LogP contribution in [0.3, 0.4) is 0 Å². The molecule has 3 heterocycles. The number of Topliss-reactive ketones (excluding diaryl/α,β-unsaturated/α-hetero) is 3. The van der Waals surface area contributed by atoms with Crippen molar-refractivity contribution in [3.8, 4) is 0 Å². The van der Waals surface area contributed by atoms with Gasteiger partial charge in [-0.25, -0.2) is 27.6 Å². The number of carboxylic acids is 1. The number of carboxylic acid groups (broad SMARTS) is 1. The molecule has 92 heavy (non-hydrogen) atoms. The molecule has 0 aliphatic carbocycles. The van der Waals surface area contributed by atoms with Crippen LogP contribution in [-0.4, -0.2) is 226 Å². The number of alkyl halides is 6. The second-order valence-corrected chi connectivity index (χ2v) is 19.7. The number of nitrogens with two attached hydrogens (primary N) is 1. The number of methoxy groups -OCH3 is 2. The van der Waals surface area contributed by atoms with Crippen molar-refractivity contribution < 1.29 is 202 Å². The monoisotopic (exact) mass is 1360 g/mol. The Hall–Kier alpha value is -4.55. The zero-order valence-electron chi connectivity index (χ0n) is 53.9. The molecule has 3 radical (unpaired) electrons. The minimum Gasteiger partial charge on any atom is -0.857 e. The van der Waals surface area contributed by atoms with Gasteiger partial charge >= 0.3 is 118 Å². The number of hydrogen-bond donors (Lipinski definition) is 7. The third-order valence-electron chi connectivity index (χ3n) is 13.5. The van der Waals surface area contributed by atoms with Crippen LogP contribution in [0.25, 0.3) is 0 Å². The van der Waals surface area contributed by atoms with Crippen molar-refractivity contribution in [3.05, 3.63) is 6.57 Å². The number of carbonyl (C=O) groups is 10. The minimum absolute atomic E-state index is 0. The molecule has 0 amide bonds. The van der Waals surface area contributed by atoms with Gasteiger partial charge < -0.3 is 111 Å². The minimum atomic E-state index is -3.70. The second kappa shape index (κ2) is 49.9. The van der Waals surface area contributed by atoms with Crippen molar-refractivity contribution in [2.75, 3.05) is 27.9 Å². The Morgan fingerprint density at radius 2 is 0.859 bits per heavy atom. The maximum atomic E-state index is 15.3. The molecule has 0 saturated carbocycles. The number of rotatable bonds is 22. The number of nitrogens with one attached hydrogen (secondary N) is 2. The van der Waals surface area contributed by atoms with E-state index in [-0.39, 0.29) is 113 Å².